The number of hydrogen-bond acceptors (Lipinski definition) is 2. The van der Waals surface area contributed by atoms with Crippen molar-refractivity contribution in [3.63, 3.8) is 0 Å². The van der Waals surface area contributed by atoms with Gasteiger partial charge in [-0.05, 0) is 89.8 Å². The lowest BCUT2D eigenvalue weighted by Crippen LogP contribution is -2.36. The molecule has 0 radical (unpaired) electrons. The fourth-order valence-corrected chi connectivity index (χ4v) is 5.04. The van der Waals surface area contributed by atoms with E-state index in [-0.39, 0.29) is 0 Å². The molecule has 2 heteroatoms. The lowest BCUT2D eigenvalue weighted by atomic mass is 9.56. The van der Waals surface area contributed by atoms with Crippen molar-refractivity contribution in [3.05, 3.63) is 59.2 Å². The van der Waals surface area contributed by atoms with Gasteiger partial charge in [-0.3, -0.25) is 0 Å². The molecule has 2 nitrogen and oxygen atoms in total. The molecule has 2 aliphatic carbocycles. The summed E-state index contributed by atoms with van der Waals surface area (Å²) < 4.78 is 0. The van der Waals surface area contributed by atoms with Gasteiger partial charge in [0.15, 0.2) is 0 Å². The Kier molecular flexibility index (Phi) is 3.59. The Morgan fingerprint density at radius 1 is 0.917 bits per heavy atom. The van der Waals surface area contributed by atoms with Gasteiger partial charge in [-0.15, -0.1) is 0 Å². The van der Waals surface area contributed by atoms with Crippen LogP contribution in [0.1, 0.15) is 61.6 Å². The predicted octanol–water partition coefficient (Wildman–Crippen LogP) is 5.35. The molecule has 2 aromatic rings. The fraction of sp³-hybridized carbons (Fsp3) is 0.455. The van der Waals surface area contributed by atoms with Crippen molar-refractivity contribution in [3.8, 4) is 11.5 Å². The largest absolute Gasteiger partial charge is 0.508 e. The number of aromatic hydroxyl groups is 2. The molecule has 1 saturated carbocycles. The van der Waals surface area contributed by atoms with Crippen molar-refractivity contribution in [1.29, 1.82) is 0 Å². The van der Waals surface area contributed by atoms with Crippen LogP contribution in [0.25, 0.3) is 0 Å². The van der Waals surface area contributed by atoms with Crippen molar-refractivity contribution in [2.24, 2.45) is 11.3 Å². The third-order valence-corrected chi connectivity index (χ3v) is 6.24. The highest BCUT2D eigenvalue weighted by Gasteiger charge is 2.43. The molecule has 0 aliphatic heterocycles. The van der Waals surface area contributed by atoms with Crippen LogP contribution in [-0.2, 0) is 6.42 Å². The maximum atomic E-state index is 9.97. The first-order chi connectivity index (χ1) is 11.4. The van der Waals surface area contributed by atoms with E-state index in [0.717, 1.165) is 6.42 Å². The molecular weight excluding hydrogens is 296 g/mol. The summed E-state index contributed by atoms with van der Waals surface area (Å²) in [6.07, 6.45) is 4.68. The van der Waals surface area contributed by atoms with Crippen LogP contribution >= 0.6 is 0 Å². The van der Waals surface area contributed by atoms with Crippen molar-refractivity contribution in [1.82, 2.24) is 0 Å². The minimum atomic E-state index is 0.334. The molecule has 0 bridgehead atoms. The Bertz CT molecular complexity index is 745. The first-order valence-corrected chi connectivity index (χ1v) is 9.04. The van der Waals surface area contributed by atoms with E-state index in [0.29, 0.717) is 34.7 Å². The Labute approximate surface area is 144 Å². The number of rotatable bonds is 1. The van der Waals surface area contributed by atoms with Crippen LogP contribution < -0.4 is 0 Å². The molecule has 4 rings (SSSR count). The minimum absolute atomic E-state index is 0.334. The molecule has 126 valence electrons. The quantitative estimate of drug-likeness (QED) is 0.743. The van der Waals surface area contributed by atoms with Crippen LogP contribution in [0.2, 0.25) is 0 Å². The Hall–Kier alpha value is -1.96. The number of phenolic OH excluding ortho intramolecular Hbond substituents is 2. The molecular formula is C22H26O2. The fourth-order valence-electron chi connectivity index (χ4n) is 5.04. The van der Waals surface area contributed by atoms with E-state index >= 15 is 0 Å². The SMILES string of the molecule is CC1(C)CC[C@H]2c3cc(O)ccc3C[C@@H](c3ccc(O)cc3)[C@H]2C1. The van der Waals surface area contributed by atoms with Gasteiger partial charge >= 0.3 is 0 Å². The molecule has 2 aliphatic rings. The Balaban J connectivity index is 1.78. The first kappa shape index (κ1) is 15.6. The molecule has 0 unspecified atom stereocenters. The van der Waals surface area contributed by atoms with Gasteiger partial charge in [0.1, 0.15) is 11.5 Å². The highest BCUT2D eigenvalue weighted by molar-refractivity contribution is 5.43. The molecule has 1 fully saturated rings. The van der Waals surface area contributed by atoms with Gasteiger partial charge in [0, 0.05) is 0 Å². The van der Waals surface area contributed by atoms with Crippen LogP contribution in [0.15, 0.2) is 42.5 Å². The van der Waals surface area contributed by atoms with Crippen molar-refractivity contribution in [2.75, 3.05) is 0 Å². The van der Waals surface area contributed by atoms with Gasteiger partial charge in [0.05, 0.1) is 0 Å². The van der Waals surface area contributed by atoms with E-state index in [1.165, 1.54) is 36.0 Å². The lowest BCUT2D eigenvalue weighted by molar-refractivity contribution is 0.126. The molecule has 2 N–H and O–H groups in total. The molecule has 0 aromatic heterocycles. The second-order valence-corrected chi connectivity index (χ2v) is 8.46. The molecule has 0 amide bonds. The highest BCUT2D eigenvalue weighted by Crippen LogP contribution is 2.56. The van der Waals surface area contributed by atoms with Crippen molar-refractivity contribution >= 4 is 0 Å². The van der Waals surface area contributed by atoms with E-state index < -0.39 is 0 Å². The molecule has 0 spiro atoms. The normalized spacial score (nSPS) is 28.0. The zero-order chi connectivity index (χ0) is 16.9. The standard InChI is InChI=1S/C22H26O2/c1-22(2)10-9-18-20-12-17(24)8-5-15(20)11-19(21(18)13-22)14-3-6-16(23)7-4-14/h3-8,12,18-19,21,23-24H,9-11,13H2,1-2H3/t18-,19-,21-/m0/s1. The summed E-state index contributed by atoms with van der Waals surface area (Å²) in [5.74, 6) is 2.35. The van der Waals surface area contributed by atoms with Gasteiger partial charge in [-0.1, -0.05) is 32.0 Å². The van der Waals surface area contributed by atoms with Gasteiger partial charge in [-0.25, -0.2) is 0 Å². The molecule has 3 atom stereocenters. The number of phenols is 2. The summed E-state index contributed by atoms with van der Waals surface area (Å²) in [7, 11) is 0. The number of benzene rings is 2. The third kappa shape index (κ3) is 2.68. The van der Waals surface area contributed by atoms with Gasteiger partial charge in [0.25, 0.3) is 0 Å². The Morgan fingerprint density at radius 3 is 2.38 bits per heavy atom. The third-order valence-electron chi connectivity index (χ3n) is 6.24. The average molecular weight is 322 g/mol. The average Bonchev–Trinajstić information content (AvgIpc) is 2.54. The summed E-state index contributed by atoms with van der Waals surface area (Å²) in [5.41, 5.74) is 4.46. The van der Waals surface area contributed by atoms with E-state index in [1.807, 2.05) is 24.3 Å². The van der Waals surface area contributed by atoms with Crippen molar-refractivity contribution in [2.45, 2.75) is 51.4 Å². The first-order valence-electron chi connectivity index (χ1n) is 9.04. The maximum absolute atomic E-state index is 9.97. The summed E-state index contributed by atoms with van der Waals surface area (Å²) in [6, 6.07) is 13.7. The van der Waals surface area contributed by atoms with E-state index in [4.69, 9.17) is 0 Å². The second kappa shape index (κ2) is 5.54. The van der Waals surface area contributed by atoms with Crippen LogP contribution in [0.4, 0.5) is 0 Å². The number of hydrogen-bond donors (Lipinski definition) is 2. The summed E-state index contributed by atoms with van der Waals surface area (Å²) >= 11 is 0. The van der Waals surface area contributed by atoms with Crippen LogP contribution in [0.3, 0.4) is 0 Å². The number of fused-ring (bicyclic) bond motifs is 3. The molecule has 2 aromatic carbocycles. The molecule has 0 heterocycles. The highest BCUT2D eigenvalue weighted by atomic mass is 16.3. The van der Waals surface area contributed by atoms with Crippen LogP contribution in [0, 0.1) is 11.3 Å². The minimum Gasteiger partial charge on any atom is -0.508 e. The van der Waals surface area contributed by atoms with Crippen LogP contribution in [0.5, 0.6) is 11.5 Å². The van der Waals surface area contributed by atoms with E-state index in [2.05, 4.69) is 32.0 Å². The van der Waals surface area contributed by atoms with Gasteiger partial charge in [0.2, 0.25) is 0 Å². The monoisotopic (exact) mass is 322 g/mol. The lowest BCUT2D eigenvalue weighted by Gasteiger charge is -2.48. The summed E-state index contributed by atoms with van der Waals surface area (Å²) in [5, 5.41) is 19.6. The Morgan fingerprint density at radius 2 is 1.62 bits per heavy atom. The van der Waals surface area contributed by atoms with Crippen molar-refractivity contribution < 1.29 is 10.2 Å². The van der Waals surface area contributed by atoms with E-state index in [9.17, 15) is 10.2 Å². The zero-order valence-corrected chi connectivity index (χ0v) is 14.5. The zero-order valence-electron chi connectivity index (χ0n) is 14.5. The molecule has 24 heavy (non-hydrogen) atoms. The van der Waals surface area contributed by atoms with Crippen LogP contribution in [-0.4, -0.2) is 10.2 Å². The summed E-state index contributed by atoms with van der Waals surface area (Å²) in [6.45, 7) is 4.77. The maximum Gasteiger partial charge on any atom is 0.115 e. The topological polar surface area (TPSA) is 40.5 Å². The van der Waals surface area contributed by atoms with E-state index in [1.54, 1.807) is 0 Å². The molecule has 0 saturated heterocycles. The summed E-state index contributed by atoms with van der Waals surface area (Å²) in [4.78, 5) is 0. The van der Waals surface area contributed by atoms with Gasteiger partial charge in [-0.2, -0.15) is 0 Å². The van der Waals surface area contributed by atoms with Gasteiger partial charge < -0.3 is 10.2 Å². The smallest absolute Gasteiger partial charge is 0.115 e. The predicted molar refractivity (Wildman–Crippen MR) is 96.5 cm³/mol. The second-order valence-electron chi connectivity index (χ2n) is 8.46.